The van der Waals surface area contributed by atoms with Crippen molar-refractivity contribution < 1.29 is 38.5 Å². The highest BCUT2D eigenvalue weighted by atomic mass is 32.1. The largest absolute Gasteiger partial charge is 0.445 e. The van der Waals surface area contributed by atoms with E-state index >= 15 is 0 Å². The molecule has 0 unspecified atom stereocenters. The number of ether oxygens (including phenoxy) is 2. The van der Waals surface area contributed by atoms with Crippen LogP contribution in [-0.4, -0.2) is 92.6 Å². The van der Waals surface area contributed by atoms with E-state index in [0.717, 1.165) is 4.90 Å². The van der Waals surface area contributed by atoms with E-state index < -0.39 is 40.5 Å². The van der Waals surface area contributed by atoms with Gasteiger partial charge in [-0.1, -0.05) is 0 Å². The van der Waals surface area contributed by atoms with Gasteiger partial charge in [-0.3, -0.25) is 39.6 Å². The number of hydrogen-bond acceptors (Lipinski definition) is 11. The Morgan fingerprint density at radius 1 is 0.911 bits per heavy atom. The average molecular weight is 645 g/mol. The number of benzene rings is 2. The average Bonchev–Trinajstić information content (AvgIpc) is 3.64. The van der Waals surface area contributed by atoms with Gasteiger partial charge < -0.3 is 20.1 Å². The summed E-state index contributed by atoms with van der Waals surface area (Å²) >= 11 is 4.47. The predicted octanol–water partition coefficient (Wildman–Crippen LogP) is 2.48. The van der Waals surface area contributed by atoms with Crippen molar-refractivity contribution in [2.24, 2.45) is 11.7 Å². The van der Waals surface area contributed by atoms with E-state index in [9.17, 15) is 39.4 Å². The van der Waals surface area contributed by atoms with Crippen molar-refractivity contribution in [1.82, 2.24) is 14.7 Å². The smallest absolute Gasteiger partial charge is 0.410 e. The number of thiol groups is 1. The maximum atomic E-state index is 13.5. The molecule has 0 spiro atoms. The third-order valence-electron chi connectivity index (χ3n) is 7.50. The Balaban J connectivity index is 1.31. The Hall–Kier alpha value is -4.93. The fourth-order valence-corrected chi connectivity index (χ4v) is 5.61. The summed E-state index contributed by atoms with van der Waals surface area (Å²) in [6.45, 7) is 0.211. The summed E-state index contributed by atoms with van der Waals surface area (Å²) in [6, 6.07) is 10.3. The lowest BCUT2D eigenvalue weighted by Gasteiger charge is -2.28. The zero-order valence-electron chi connectivity index (χ0n) is 24.1. The highest BCUT2D eigenvalue weighted by Crippen LogP contribution is 2.28. The van der Waals surface area contributed by atoms with Crippen LogP contribution < -0.4 is 5.73 Å². The first-order valence-electron chi connectivity index (χ1n) is 14.0. The number of nitrogens with two attached hydrogens (primary N) is 1. The van der Waals surface area contributed by atoms with E-state index in [0.29, 0.717) is 30.5 Å². The quantitative estimate of drug-likeness (QED) is 0.207. The van der Waals surface area contributed by atoms with Gasteiger partial charge in [0.2, 0.25) is 11.8 Å². The third-order valence-corrected chi connectivity index (χ3v) is 7.87. The summed E-state index contributed by atoms with van der Waals surface area (Å²) in [5.41, 5.74) is 6.22. The van der Waals surface area contributed by atoms with Crippen LogP contribution in [0.1, 0.15) is 24.0 Å². The summed E-state index contributed by atoms with van der Waals surface area (Å²) in [6.07, 6.45) is -0.661. The van der Waals surface area contributed by atoms with Crippen LogP contribution in [0.4, 0.5) is 21.0 Å². The Bertz CT molecular complexity index is 1440. The Morgan fingerprint density at radius 2 is 1.47 bits per heavy atom. The molecule has 3 atom stereocenters. The number of amides is 4. The maximum absolute atomic E-state index is 13.5. The molecule has 2 aliphatic heterocycles. The molecular formula is C28H32N6O10S. The minimum atomic E-state index is -0.802. The van der Waals surface area contributed by atoms with Gasteiger partial charge in [-0.05, 0) is 54.2 Å². The second kappa shape index (κ2) is 14.7. The first kappa shape index (κ1) is 33.0. The molecule has 2 aromatic rings. The fraction of sp³-hybridized carbons (Fsp3) is 0.429. The lowest BCUT2D eigenvalue weighted by atomic mass is 10.1. The van der Waals surface area contributed by atoms with Crippen molar-refractivity contribution in [3.63, 3.8) is 0 Å². The standard InChI is InChI=1S/C28H32N6O10S/c29-25(35)15-31(27(37)43-16-18-1-5-21(6-2-18)33(39)40)13-20-9-10-30(12-20)26(36)24-11-23(45)14-32(24)28(38)44-17-19-3-7-22(8-4-19)34(41)42/h1-8,20,23-24,45H,9-17H2,(H2,29,35)/t20-,23+,24+/m1/s1. The second-order valence-electron chi connectivity index (χ2n) is 10.8. The van der Waals surface area contributed by atoms with Gasteiger partial charge >= 0.3 is 12.2 Å². The SMILES string of the molecule is NC(=O)CN(C[C@@H]1CCN(C(=O)[C@@H]2C[C@H](S)CN2C(=O)OCc2ccc([N+](=O)[O-])cc2)C1)C(=O)OCc1ccc([N+](=O)[O-])cc1. The summed E-state index contributed by atoms with van der Waals surface area (Å²) < 4.78 is 10.7. The van der Waals surface area contributed by atoms with Crippen LogP contribution in [0.5, 0.6) is 0 Å². The van der Waals surface area contributed by atoms with Crippen LogP contribution in [0.15, 0.2) is 48.5 Å². The molecular weight excluding hydrogens is 612 g/mol. The number of nitro benzene ring substituents is 2. The number of nitro groups is 2. The van der Waals surface area contributed by atoms with Gasteiger partial charge in [-0.25, -0.2) is 9.59 Å². The van der Waals surface area contributed by atoms with Crippen LogP contribution in [0.2, 0.25) is 0 Å². The van der Waals surface area contributed by atoms with E-state index in [1.54, 1.807) is 4.90 Å². The number of hydrogen-bond donors (Lipinski definition) is 2. The highest BCUT2D eigenvalue weighted by Gasteiger charge is 2.43. The molecule has 2 aromatic carbocycles. The Kier molecular flexibility index (Phi) is 10.8. The maximum Gasteiger partial charge on any atom is 0.410 e. The van der Waals surface area contributed by atoms with Gasteiger partial charge in [-0.2, -0.15) is 12.6 Å². The lowest BCUT2D eigenvalue weighted by molar-refractivity contribution is -0.385. The molecule has 0 saturated carbocycles. The van der Waals surface area contributed by atoms with Gasteiger partial charge in [0, 0.05) is 55.7 Å². The summed E-state index contributed by atoms with van der Waals surface area (Å²) in [5.74, 6) is -1.23. The first-order chi connectivity index (χ1) is 21.4. The number of primary amides is 1. The van der Waals surface area contributed by atoms with Gasteiger partial charge in [0.15, 0.2) is 0 Å². The summed E-state index contributed by atoms with van der Waals surface area (Å²) in [4.78, 5) is 75.6. The van der Waals surface area contributed by atoms with Crippen LogP contribution in [0.25, 0.3) is 0 Å². The molecule has 4 amide bonds. The van der Waals surface area contributed by atoms with Gasteiger partial charge in [0.25, 0.3) is 11.4 Å². The summed E-state index contributed by atoms with van der Waals surface area (Å²) in [5, 5.41) is 21.4. The first-order valence-corrected chi connectivity index (χ1v) is 14.5. The summed E-state index contributed by atoms with van der Waals surface area (Å²) in [7, 11) is 0. The van der Waals surface area contributed by atoms with Crippen molar-refractivity contribution in [3.8, 4) is 0 Å². The van der Waals surface area contributed by atoms with E-state index in [4.69, 9.17) is 15.2 Å². The molecule has 2 saturated heterocycles. The van der Waals surface area contributed by atoms with Crippen LogP contribution >= 0.6 is 12.6 Å². The van der Waals surface area contributed by atoms with Crippen molar-refractivity contribution in [2.75, 3.05) is 32.7 Å². The molecule has 0 radical (unpaired) electrons. The van der Waals surface area contributed by atoms with Crippen molar-refractivity contribution in [1.29, 1.82) is 0 Å². The monoisotopic (exact) mass is 644 g/mol. The van der Waals surface area contributed by atoms with E-state index in [-0.39, 0.29) is 61.3 Å². The molecule has 17 heteroatoms. The number of carbonyl (C=O) groups is 4. The zero-order chi connectivity index (χ0) is 32.7. The molecule has 2 N–H and O–H groups in total. The molecule has 4 rings (SSSR count). The van der Waals surface area contributed by atoms with E-state index in [1.165, 1.54) is 53.4 Å². The van der Waals surface area contributed by atoms with Crippen LogP contribution in [0.3, 0.4) is 0 Å². The molecule has 16 nitrogen and oxygen atoms in total. The number of nitrogens with zero attached hydrogens (tertiary/aromatic N) is 5. The number of likely N-dealkylation sites (tertiary alicyclic amines) is 2. The number of rotatable bonds is 11. The lowest BCUT2D eigenvalue weighted by Crippen LogP contribution is -2.47. The van der Waals surface area contributed by atoms with Gasteiger partial charge in [-0.15, -0.1) is 0 Å². The molecule has 0 bridgehead atoms. The molecule has 0 aliphatic carbocycles. The molecule has 0 aromatic heterocycles. The van der Waals surface area contributed by atoms with E-state index in [1.807, 2.05) is 0 Å². The van der Waals surface area contributed by atoms with E-state index in [2.05, 4.69) is 12.6 Å². The highest BCUT2D eigenvalue weighted by molar-refractivity contribution is 7.81. The zero-order valence-corrected chi connectivity index (χ0v) is 25.0. The Labute approximate surface area is 262 Å². The Morgan fingerprint density at radius 3 is 2.00 bits per heavy atom. The number of non-ortho nitro benzene ring substituents is 2. The molecule has 2 fully saturated rings. The fourth-order valence-electron chi connectivity index (χ4n) is 5.24. The third kappa shape index (κ3) is 8.81. The molecule has 2 aliphatic rings. The normalized spacial score (nSPS) is 19.2. The predicted molar refractivity (Wildman–Crippen MR) is 160 cm³/mol. The van der Waals surface area contributed by atoms with Crippen molar-refractivity contribution in [3.05, 3.63) is 79.9 Å². The van der Waals surface area contributed by atoms with Gasteiger partial charge in [0.05, 0.1) is 9.85 Å². The topological polar surface area (TPSA) is 209 Å². The molecule has 240 valence electrons. The second-order valence-corrected chi connectivity index (χ2v) is 11.5. The minimum absolute atomic E-state index is 0.0889. The van der Waals surface area contributed by atoms with Crippen molar-refractivity contribution in [2.45, 2.75) is 37.3 Å². The van der Waals surface area contributed by atoms with Gasteiger partial charge in [0.1, 0.15) is 25.8 Å². The minimum Gasteiger partial charge on any atom is -0.445 e. The van der Waals surface area contributed by atoms with Crippen molar-refractivity contribution >= 4 is 48.0 Å². The molecule has 45 heavy (non-hydrogen) atoms. The number of carbonyl (C=O) groups excluding carboxylic acids is 4. The molecule has 2 heterocycles. The van der Waals surface area contributed by atoms with Crippen LogP contribution in [-0.2, 0) is 32.3 Å². The van der Waals surface area contributed by atoms with Crippen LogP contribution in [0, 0.1) is 26.1 Å².